The lowest BCUT2D eigenvalue weighted by Crippen LogP contribution is -2.12. The number of fused-ring (bicyclic) bond motifs is 1. The number of nitrogens with zero attached hydrogens (tertiary/aromatic N) is 3. The van der Waals surface area contributed by atoms with Gasteiger partial charge in [-0.25, -0.2) is 9.97 Å². The number of aromatic nitrogens is 3. The summed E-state index contributed by atoms with van der Waals surface area (Å²) in [7, 11) is 1.89. The Kier molecular flexibility index (Phi) is 3.35. The van der Waals surface area contributed by atoms with E-state index in [1.165, 1.54) is 0 Å². The summed E-state index contributed by atoms with van der Waals surface area (Å²) in [6, 6.07) is 15.2. The Hall–Kier alpha value is -3.41. The number of benzene rings is 2. The second-order valence-corrected chi connectivity index (χ2v) is 5.38. The molecule has 1 amide bonds. The number of rotatable bonds is 3. The molecule has 0 aliphatic rings. The standard InChI is InChI=1S/C18H14N4O2/c1-22-11-20-16-13(8-5-9-14(16)22)17(23)21-18-19-10-15(24-18)12-6-3-2-4-7-12/h2-11H,1H3,(H,19,21,23). The molecular weight excluding hydrogens is 304 g/mol. The van der Waals surface area contributed by atoms with Crippen molar-refractivity contribution in [2.24, 2.45) is 7.05 Å². The summed E-state index contributed by atoms with van der Waals surface area (Å²) in [5.41, 5.74) is 2.91. The molecule has 6 nitrogen and oxygen atoms in total. The van der Waals surface area contributed by atoms with Gasteiger partial charge in [0.25, 0.3) is 5.91 Å². The number of hydrogen-bond donors (Lipinski definition) is 1. The van der Waals surface area contributed by atoms with Crippen molar-refractivity contribution in [2.45, 2.75) is 0 Å². The molecule has 118 valence electrons. The number of aryl methyl sites for hydroxylation is 1. The Balaban J connectivity index is 1.61. The van der Waals surface area contributed by atoms with Gasteiger partial charge in [0.05, 0.1) is 23.6 Å². The van der Waals surface area contributed by atoms with E-state index in [4.69, 9.17) is 4.42 Å². The highest BCUT2D eigenvalue weighted by atomic mass is 16.4. The maximum absolute atomic E-state index is 12.5. The zero-order valence-corrected chi connectivity index (χ0v) is 12.9. The fraction of sp³-hybridized carbons (Fsp3) is 0.0556. The first-order valence-corrected chi connectivity index (χ1v) is 7.45. The van der Waals surface area contributed by atoms with Crippen LogP contribution in [0.3, 0.4) is 0 Å². The minimum absolute atomic E-state index is 0.159. The van der Waals surface area contributed by atoms with Crippen LogP contribution < -0.4 is 5.32 Å². The Morgan fingerprint density at radius 3 is 2.75 bits per heavy atom. The number of para-hydroxylation sites is 1. The zero-order valence-electron chi connectivity index (χ0n) is 12.9. The van der Waals surface area contributed by atoms with Gasteiger partial charge in [0.2, 0.25) is 0 Å². The number of imidazole rings is 1. The van der Waals surface area contributed by atoms with Crippen LogP contribution >= 0.6 is 0 Å². The summed E-state index contributed by atoms with van der Waals surface area (Å²) in [5, 5.41) is 2.68. The predicted molar refractivity (Wildman–Crippen MR) is 90.6 cm³/mol. The van der Waals surface area contributed by atoms with Gasteiger partial charge in [-0.05, 0) is 12.1 Å². The number of carbonyl (C=O) groups excluding carboxylic acids is 1. The van der Waals surface area contributed by atoms with Crippen LogP contribution in [0.25, 0.3) is 22.4 Å². The molecule has 0 fully saturated rings. The molecular formula is C18H14N4O2. The molecule has 24 heavy (non-hydrogen) atoms. The number of anilines is 1. The van der Waals surface area contributed by atoms with Gasteiger partial charge in [0.15, 0.2) is 5.76 Å². The van der Waals surface area contributed by atoms with E-state index in [1.54, 1.807) is 18.6 Å². The minimum Gasteiger partial charge on any atom is -0.423 e. The molecule has 4 rings (SSSR count). The lowest BCUT2D eigenvalue weighted by molar-refractivity contribution is 0.102. The van der Waals surface area contributed by atoms with Crippen LogP contribution in [0.15, 0.2) is 65.5 Å². The maximum Gasteiger partial charge on any atom is 0.302 e. The Labute approximate surface area is 137 Å². The van der Waals surface area contributed by atoms with Gasteiger partial charge in [-0.1, -0.05) is 36.4 Å². The average molecular weight is 318 g/mol. The third-order valence-electron chi connectivity index (χ3n) is 3.78. The van der Waals surface area contributed by atoms with Gasteiger partial charge in [0, 0.05) is 12.6 Å². The normalized spacial score (nSPS) is 10.9. The molecule has 0 unspecified atom stereocenters. The molecule has 2 heterocycles. The van der Waals surface area contributed by atoms with E-state index in [2.05, 4.69) is 15.3 Å². The van der Waals surface area contributed by atoms with E-state index < -0.39 is 0 Å². The maximum atomic E-state index is 12.5. The van der Waals surface area contributed by atoms with Crippen molar-refractivity contribution in [1.29, 1.82) is 0 Å². The van der Waals surface area contributed by atoms with Crippen LogP contribution in [0, 0.1) is 0 Å². The molecule has 0 saturated carbocycles. The molecule has 2 aromatic heterocycles. The molecule has 1 N–H and O–H groups in total. The largest absolute Gasteiger partial charge is 0.423 e. The van der Waals surface area contributed by atoms with Gasteiger partial charge in [-0.3, -0.25) is 10.1 Å². The highest BCUT2D eigenvalue weighted by Gasteiger charge is 2.15. The van der Waals surface area contributed by atoms with Crippen LogP contribution in [-0.4, -0.2) is 20.4 Å². The molecule has 0 bridgehead atoms. The van der Waals surface area contributed by atoms with E-state index >= 15 is 0 Å². The van der Waals surface area contributed by atoms with Crippen LogP contribution in [-0.2, 0) is 7.05 Å². The van der Waals surface area contributed by atoms with Crippen molar-refractivity contribution in [3.63, 3.8) is 0 Å². The molecule has 0 spiro atoms. The average Bonchev–Trinajstić information content (AvgIpc) is 3.23. The van der Waals surface area contributed by atoms with Crippen molar-refractivity contribution in [2.75, 3.05) is 5.32 Å². The molecule has 6 heteroatoms. The smallest absolute Gasteiger partial charge is 0.302 e. The SMILES string of the molecule is Cn1cnc2c(C(=O)Nc3ncc(-c4ccccc4)o3)cccc21. The van der Waals surface area contributed by atoms with Crippen molar-refractivity contribution in [3.8, 4) is 11.3 Å². The van der Waals surface area contributed by atoms with Gasteiger partial charge in [-0.15, -0.1) is 0 Å². The third-order valence-corrected chi connectivity index (χ3v) is 3.78. The van der Waals surface area contributed by atoms with Crippen molar-refractivity contribution in [3.05, 3.63) is 66.6 Å². The summed E-state index contributed by atoms with van der Waals surface area (Å²) < 4.78 is 7.48. The molecule has 2 aromatic carbocycles. The lowest BCUT2D eigenvalue weighted by atomic mass is 10.1. The summed E-state index contributed by atoms with van der Waals surface area (Å²) in [4.78, 5) is 20.9. The van der Waals surface area contributed by atoms with Crippen LogP contribution in [0.4, 0.5) is 6.01 Å². The summed E-state index contributed by atoms with van der Waals surface area (Å²) in [6.45, 7) is 0. The number of amides is 1. The van der Waals surface area contributed by atoms with Gasteiger partial charge in [0.1, 0.15) is 5.52 Å². The molecule has 0 atom stereocenters. The topological polar surface area (TPSA) is 73.0 Å². The van der Waals surface area contributed by atoms with Gasteiger partial charge >= 0.3 is 6.01 Å². The number of oxazole rings is 1. The first-order chi connectivity index (χ1) is 11.7. The summed E-state index contributed by atoms with van der Waals surface area (Å²) in [5.74, 6) is 0.294. The van der Waals surface area contributed by atoms with E-state index in [-0.39, 0.29) is 11.9 Å². The van der Waals surface area contributed by atoms with Crippen molar-refractivity contribution < 1.29 is 9.21 Å². The number of nitrogens with one attached hydrogen (secondary N) is 1. The second kappa shape index (κ2) is 5.66. The predicted octanol–water partition coefficient (Wildman–Crippen LogP) is 3.48. The third kappa shape index (κ3) is 2.44. The Morgan fingerprint density at radius 1 is 1.08 bits per heavy atom. The van der Waals surface area contributed by atoms with E-state index in [1.807, 2.05) is 54.1 Å². The van der Waals surface area contributed by atoms with Crippen LogP contribution in [0.2, 0.25) is 0 Å². The molecule has 4 aromatic rings. The minimum atomic E-state index is -0.305. The quantitative estimate of drug-likeness (QED) is 0.627. The second-order valence-electron chi connectivity index (χ2n) is 5.38. The first-order valence-electron chi connectivity index (χ1n) is 7.45. The van der Waals surface area contributed by atoms with Gasteiger partial charge in [-0.2, -0.15) is 0 Å². The molecule has 0 aliphatic heterocycles. The Bertz CT molecular complexity index is 1020. The van der Waals surface area contributed by atoms with E-state index in [0.29, 0.717) is 16.8 Å². The van der Waals surface area contributed by atoms with E-state index in [0.717, 1.165) is 11.1 Å². The monoisotopic (exact) mass is 318 g/mol. The highest BCUT2D eigenvalue weighted by Crippen LogP contribution is 2.23. The fourth-order valence-electron chi connectivity index (χ4n) is 2.57. The zero-order chi connectivity index (χ0) is 16.5. The van der Waals surface area contributed by atoms with Crippen molar-refractivity contribution >= 4 is 23.0 Å². The van der Waals surface area contributed by atoms with Crippen LogP contribution in [0.1, 0.15) is 10.4 Å². The summed E-state index contributed by atoms with van der Waals surface area (Å²) >= 11 is 0. The highest BCUT2D eigenvalue weighted by molar-refractivity contribution is 6.10. The fourth-order valence-corrected chi connectivity index (χ4v) is 2.57. The van der Waals surface area contributed by atoms with Crippen molar-refractivity contribution in [1.82, 2.24) is 14.5 Å². The molecule has 0 radical (unpaired) electrons. The van der Waals surface area contributed by atoms with E-state index in [9.17, 15) is 4.79 Å². The summed E-state index contributed by atoms with van der Waals surface area (Å²) in [6.07, 6.45) is 3.27. The molecule has 0 saturated heterocycles. The molecule has 0 aliphatic carbocycles. The Morgan fingerprint density at radius 2 is 1.92 bits per heavy atom. The number of carbonyl (C=O) groups is 1. The number of hydrogen-bond acceptors (Lipinski definition) is 4. The lowest BCUT2D eigenvalue weighted by Gasteiger charge is -2.02. The van der Waals surface area contributed by atoms with Gasteiger partial charge < -0.3 is 8.98 Å². The first kappa shape index (κ1) is 14.2. The van der Waals surface area contributed by atoms with Crippen LogP contribution in [0.5, 0.6) is 0 Å².